The molecule has 0 aliphatic carbocycles. The average Bonchev–Trinajstić information content (AvgIpc) is 2.90. The normalized spacial score (nSPS) is 10.7. The van der Waals surface area contributed by atoms with Crippen molar-refractivity contribution in [2.75, 3.05) is 7.11 Å². The zero-order valence-electron chi connectivity index (χ0n) is 13.5. The summed E-state index contributed by atoms with van der Waals surface area (Å²) in [6.45, 7) is 4.24. The monoisotopic (exact) mass is 309 g/mol. The van der Waals surface area contributed by atoms with Crippen LogP contribution in [0.3, 0.4) is 0 Å². The van der Waals surface area contributed by atoms with Gasteiger partial charge in [-0.2, -0.15) is 0 Å². The van der Waals surface area contributed by atoms with Crippen LogP contribution in [0.4, 0.5) is 0 Å². The van der Waals surface area contributed by atoms with E-state index in [-0.39, 0.29) is 5.91 Å². The quantitative estimate of drug-likeness (QED) is 0.806. The van der Waals surface area contributed by atoms with E-state index in [2.05, 4.69) is 10.3 Å². The molecule has 0 unspecified atom stereocenters. The number of nitrogens with one attached hydrogen (secondary N) is 1. The summed E-state index contributed by atoms with van der Waals surface area (Å²) < 4.78 is 7.14. The van der Waals surface area contributed by atoms with E-state index in [1.165, 1.54) is 0 Å². The summed E-state index contributed by atoms with van der Waals surface area (Å²) in [6.07, 6.45) is 1.86. The van der Waals surface area contributed by atoms with Crippen LogP contribution in [0.1, 0.15) is 27.3 Å². The van der Waals surface area contributed by atoms with Gasteiger partial charge in [-0.05, 0) is 31.5 Å². The lowest BCUT2D eigenvalue weighted by Crippen LogP contribution is -2.25. The van der Waals surface area contributed by atoms with Crippen LogP contribution in [0.15, 0.2) is 42.6 Å². The van der Waals surface area contributed by atoms with Crippen molar-refractivity contribution in [1.82, 2.24) is 14.7 Å². The summed E-state index contributed by atoms with van der Waals surface area (Å²) in [7, 11) is 1.62. The Bertz CT molecular complexity index is 868. The molecule has 1 aromatic carbocycles. The fourth-order valence-electron chi connectivity index (χ4n) is 2.70. The molecule has 0 radical (unpaired) electrons. The summed E-state index contributed by atoms with van der Waals surface area (Å²) in [5.41, 5.74) is 4.08. The predicted molar refractivity (Wildman–Crippen MR) is 88.8 cm³/mol. The van der Waals surface area contributed by atoms with Crippen LogP contribution in [-0.2, 0) is 6.54 Å². The van der Waals surface area contributed by atoms with E-state index < -0.39 is 0 Å². The molecule has 118 valence electrons. The number of rotatable bonds is 4. The van der Waals surface area contributed by atoms with Gasteiger partial charge in [0.05, 0.1) is 12.8 Å². The lowest BCUT2D eigenvalue weighted by atomic mass is 10.2. The van der Waals surface area contributed by atoms with Crippen molar-refractivity contribution >= 4 is 11.6 Å². The Morgan fingerprint density at radius 1 is 1.22 bits per heavy atom. The first kappa shape index (κ1) is 15.1. The molecular weight excluding hydrogens is 290 g/mol. The number of aromatic nitrogens is 2. The number of nitrogens with zero attached hydrogens (tertiary/aromatic N) is 2. The summed E-state index contributed by atoms with van der Waals surface area (Å²) in [4.78, 5) is 17.1. The first-order chi connectivity index (χ1) is 11.1. The van der Waals surface area contributed by atoms with Gasteiger partial charge in [0.15, 0.2) is 0 Å². The van der Waals surface area contributed by atoms with E-state index in [1.807, 2.05) is 60.8 Å². The first-order valence-corrected chi connectivity index (χ1v) is 7.46. The van der Waals surface area contributed by atoms with Gasteiger partial charge in [0, 0.05) is 18.3 Å². The van der Waals surface area contributed by atoms with Crippen molar-refractivity contribution in [1.29, 1.82) is 0 Å². The van der Waals surface area contributed by atoms with Gasteiger partial charge in [-0.25, -0.2) is 4.98 Å². The van der Waals surface area contributed by atoms with Gasteiger partial charge in [0.1, 0.15) is 17.1 Å². The van der Waals surface area contributed by atoms with E-state index in [9.17, 15) is 4.79 Å². The molecule has 3 rings (SSSR count). The predicted octanol–water partition coefficient (Wildman–Crippen LogP) is 2.89. The Morgan fingerprint density at radius 2 is 2.00 bits per heavy atom. The number of carbonyl (C=O) groups excluding carboxylic acids is 1. The van der Waals surface area contributed by atoms with Gasteiger partial charge in [-0.15, -0.1) is 0 Å². The molecule has 5 heteroatoms. The highest BCUT2D eigenvalue weighted by atomic mass is 16.5. The highest BCUT2D eigenvalue weighted by molar-refractivity contribution is 5.94. The summed E-state index contributed by atoms with van der Waals surface area (Å²) in [5.74, 6) is 0.616. The minimum Gasteiger partial charge on any atom is -0.496 e. The minimum absolute atomic E-state index is 0.147. The number of hydrogen-bond acceptors (Lipinski definition) is 3. The molecule has 1 N–H and O–H groups in total. The molecule has 5 nitrogen and oxygen atoms in total. The second-order valence-corrected chi connectivity index (χ2v) is 5.43. The number of fused-ring (bicyclic) bond motifs is 1. The zero-order chi connectivity index (χ0) is 16.4. The summed E-state index contributed by atoms with van der Waals surface area (Å²) >= 11 is 0. The number of ether oxygens (including phenoxy) is 1. The van der Waals surface area contributed by atoms with Crippen molar-refractivity contribution in [3.8, 4) is 5.75 Å². The number of hydrogen-bond donors (Lipinski definition) is 1. The second-order valence-electron chi connectivity index (χ2n) is 5.43. The van der Waals surface area contributed by atoms with E-state index in [0.717, 1.165) is 28.2 Å². The molecule has 0 fully saturated rings. The third-order valence-corrected chi connectivity index (χ3v) is 3.87. The maximum absolute atomic E-state index is 12.6. The third kappa shape index (κ3) is 2.77. The highest BCUT2D eigenvalue weighted by Gasteiger charge is 2.17. The number of imidazole rings is 1. The number of benzene rings is 1. The molecule has 0 bridgehead atoms. The molecule has 0 spiro atoms. The Morgan fingerprint density at radius 3 is 2.78 bits per heavy atom. The number of para-hydroxylation sites is 1. The molecule has 0 atom stereocenters. The van der Waals surface area contributed by atoms with Crippen LogP contribution in [0.2, 0.25) is 0 Å². The van der Waals surface area contributed by atoms with E-state index in [4.69, 9.17) is 4.74 Å². The van der Waals surface area contributed by atoms with Crippen LogP contribution in [-0.4, -0.2) is 22.4 Å². The van der Waals surface area contributed by atoms with Crippen LogP contribution < -0.4 is 10.1 Å². The zero-order valence-corrected chi connectivity index (χ0v) is 13.5. The SMILES string of the molecule is COc1ccccc1CNC(=O)c1c(C)nc2c(C)cccn12. The smallest absolute Gasteiger partial charge is 0.270 e. The van der Waals surface area contributed by atoms with Crippen LogP contribution in [0.5, 0.6) is 5.75 Å². The topological polar surface area (TPSA) is 55.6 Å². The minimum atomic E-state index is -0.147. The van der Waals surface area contributed by atoms with Crippen molar-refractivity contribution in [3.63, 3.8) is 0 Å². The maximum Gasteiger partial charge on any atom is 0.270 e. The third-order valence-electron chi connectivity index (χ3n) is 3.87. The summed E-state index contributed by atoms with van der Waals surface area (Å²) in [5, 5.41) is 2.95. The number of carbonyl (C=O) groups is 1. The van der Waals surface area contributed by atoms with Gasteiger partial charge in [-0.1, -0.05) is 24.3 Å². The molecule has 0 aliphatic heterocycles. The van der Waals surface area contributed by atoms with E-state index in [0.29, 0.717) is 12.2 Å². The number of methoxy groups -OCH3 is 1. The van der Waals surface area contributed by atoms with E-state index >= 15 is 0 Å². The van der Waals surface area contributed by atoms with Gasteiger partial charge in [0.25, 0.3) is 5.91 Å². The molecule has 23 heavy (non-hydrogen) atoms. The maximum atomic E-state index is 12.6. The second kappa shape index (κ2) is 6.12. The molecule has 0 saturated carbocycles. The Hall–Kier alpha value is -2.82. The van der Waals surface area contributed by atoms with Crippen molar-refractivity contribution in [2.45, 2.75) is 20.4 Å². The number of pyridine rings is 1. The Balaban J connectivity index is 1.87. The van der Waals surface area contributed by atoms with Crippen molar-refractivity contribution < 1.29 is 9.53 Å². The highest BCUT2D eigenvalue weighted by Crippen LogP contribution is 2.18. The van der Waals surface area contributed by atoms with Crippen molar-refractivity contribution in [3.05, 3.63) is 65.1 Å². The molecule has 0 saturated heterocycles. The Labute approximate surface area is 134 Å². The summed E-state index contributed by atoms with van der Waals surface area (Å²) in [6, 6.07) is 11.5. The lowest BCUT2D eigenvalue weighted by Gasteiger charge is -2.10. The number of aryl methyl sites for hydroxylation is 2. The fourth-order valence-corrected chi connectivity index (χ4v) is 2.70. The van der Waals surface area contributed by atoms with Gasteiger partial charge >= 0.3 is 0 Å². The van der Waals surface area contributed by atoms with Gasteiger partial charge in [-0.3, -0.25) is 9.20 Å². The van der Waals surface area contributed by atoms with Gasteiger partial charge < -0.3 is 10.1 Å². The lowest BCUT2D eigenvalue weighted by molar-refractivity contribution is 0.0944. The molecular formula is C18H19N3O2. The average molecular weight is 309 g/mol. The largest absolute Gasteiger partial charge is 0.496 e. The van der Waals surface area contributed by atoms with Crippen LogP contribution in [0, 0.1) is 13.8 Å². The fraction of sp³-hybridized carbons (Fsp3) is 0.222. The molecule has 0 aliphatic rings. The van der Waals surface area contributed by atoms with Gasteiger partial charge in [0.2, 0.25) is 0 Å². The Kier molecular flexibility index (Phi) is 4.02. The molecule has 1 amide bonds. The van der Waals surface area contributed by atoms with Crippen LogP contribution >= 0.6 is 0 Å². The molecule has 2 heterocycles. The van der Waals surface area contributed by atoms with Crippen LogP contribution in [0.25, 0.3) is 5.65 Å². The van der Waals surface area contributed by atoms with E-state index in [1.54, 1.807) is 7.11 Å². The first-order valence-electron chi connectivity index (χ1n) is 7.46. The van der Waals surface area contributed by atoms with Crippen molar-refractivity contribution in [2.24, 2.45) is 0 Å². The molecule has 2 aromatic heterocycles. The number of amides is 1. The molecule has 3 aromatic rings. The standard InChI is InChI=1S/C18H19N3O2/c1-12-7-6-10-21-16(13(2)20-17(12)21)18(22)19-11-14-8-4-5-9-15(14)23-3/h4-10H,11H2,1-3H3,(H,19,22).